The van der Waals surface area contributed by atoms with Crippen LogP contribution in [0.5, 0.6) is 5.75 Å². The van der Waals surface area contributed by atoms with Crippen LogP contribution in [0, 0.1) is 0 Å². The first-order valence-electron chi connectivity index (χ1n) is 6.75. The summed E-state index contributed by atoms with van der Waals surface area (Å²) in [6.07, 6.45) is 0.00776. The lowest BCUT2D eigenvalue weighted by Gasteiger charge is -2.15. The van der Waals surface area contributed by atoms with Crippen LogP contribution in [0.2, 0.25) is 10.0 Å². The second-order valence-electron chi connectivity index (χ2n) is 4.84. The summed E-state index contributed by atoms with van der Waals surface area (Å²) in [6.45, 7) is 3.84. The first-order valence-corrected chi connectivity index (χ1v) is 7.50. The molecule has 2 aromatic rings. The fourth-order valence-corrected chi connectivity index (χ4v) is 2.15. The van der Waals surface area contributed by atoms with Gasteiger partial charge in [0, 0.05) is 0 Å². The summed E-state index contributed by atoms with van der Waals surface area (Å²) >= 11 is 12.0. The van der Waals surface area contributed by atoms with Gasteiger partial charge >= 0.3 is 6.03 Å². The number of rotatable bonds is 4. The highest BCUT2D eigenvalue weighted by molar-refractivity contribution is 6.44. The Kier molecular flexibility index (Phi) is 5.52. The van der Waals surface area contributed by atoms with E-state index in [9.17, 15) is 4.79 Å². The van der Waals surface area contributed by atoms with Crippen molar-refractivity contribution in [3.63, 3.8) is 0 Å². The molecule has 0 radical (unpaired) electrons. The Morgan fingerprint density at radius 2 is 1.64 bits per heavy atom. The number of carbonyl (C=O) groups is 1. The molecule has 0 saturated carbocycles. The van der Waals surface area contributed by atoms with Crippen molar-refractivity contribution in [2.75, 3.05) is 10.6 Å². The largest absolute Gasteiger partial charge is 0.489 e. The van der Waals surface area contributed by atoms with Crippen molar-refractivity contribution in [3.05, 3.63) is 52.5 Å². The van der Waals surface area contributed by atoms with Crippen molar-refractivity contribution in [2.24, 2.45) is 0 Å². The van der Waals surface area contributed by atoms with Crippen LogP contribution in [0.25, 0.3) is 0 Å². The van der Waals surface area contributed by atoms with Gasteiger partial charge in [-0.25, -0.2) is 4.79 Å². The molecule has 2 aromatic carbocycles. The molecule has 0 bridgehead atoms. The van der Waals surface area contributed by atoms with E-state index in [0.717, 1.165) is 0 Å². The fourth-order valence-electron chi connectivity index (χ4n) is 1.80. The van der Waals surface area contributed by atoms with Gasteiger partial charge < -0.3 is 15.4 Å². The molecule has 0 spiro atoms. The van der Waals surface area contributed by atoms with Crippen LogP contribution >= 0.6 is 23.2 Å². The van der Waals surface area contributed by atoms with Crippen LogP contribution in [-0.2, 0) is 0 Å². The Morgan fingerprint density at radius 3 is 2.36 bits per heavy atom. The summed E-state index contributed by atoms with van der Waals surface area (Å²) in [4.78, 5) is 12.1. The molecular weight excluding hydrogens is 323 g/mol. The van der Waals surface area contributed by atoms with Gasteiger partial charge in [-0.1, -0.05) is 41.4 Å². The molecule has 116 valence electrons. The second-order valence-corrected chi connectivity index (χ2v) is 5.63. The van der Waals surface area contributed by atoms with Gasteiger partial charge in [0.05, 0.1) is 27.5 Å². The number of urea groups is 1. The molecule has 6 heteroatoms. The Balaban J connectivity index is 2.11. The summed E-state index contributed by atoms with van der Waals surface area (Å²) < 4.78 is 5.65. The van der Waals surface area contributed by atoms with Crippen LogP contribution in [0.3, 0.4) is 0 Å². The molecule has 2 N–H and O–H groups in total. The average molecular weight is 339 g/mol. The van der Waals surface area contributed by atoms with Crippen LogP contribution < -0.4 is 15.4 Å². The Bertz CT molecular complexity index is 675. The molecule has 0 aliphatic carbocycles. The average Bonchev–Trinajstić information content (AvgIpc) is 2.45. The highest BCUT2D eigenvalue weighted by atomic mass is 35.5. The molecule has 0 fully saturated rings. The van der Waals surface area contributed by atoms with Crippen molar-refractivity contribution in [3.8, 4) is 5.75 Å². The maximum absolute atomic E-state index is 12.1. The number of hydrogen-bond acceptors (Lipinski definition) is 2. The quantitative estimate of drug-likeness (QED) is 0.781. The molecular formula is C16H16Cl2N2O2. The van der Waals surface area contributed by atoms with E-state index in [0.29, 0.717) is 27.2 Å². The van der Waals surface area contributed by atoms with Gasteiger partial charge in [-0.2, -0.15) is 0 Å². The number of halogens is 2. The predicted octanol–water partition coefficient (Wildman–Crippen LogP) is 5.42. The lowest BCUT2D eigenvalue weighted by molar-refractivity contribution is 0.243. The molecule has 2 rings (SSSR count). The predicted molar refractivity (Wildman–Crippen MR) is 91.3 cm³/mol. The minimum Gasteiger partial charge on any atom is -0.489 e. The van der Waals surface area contributed by atoms with Crippen LogP contribution in [0.1, 0.15) is 13.8 Å². The molecule has 0 heterocycles. The van der Waals surface area contributed by atoms with Crippen molar-refractivity contribution in [2.45, 2.75) is 20.0 Å². The lowest BCUT2D eigenvalue weighted by atomic mass is 10.3. The smallest absolute Gasteiger partial charge is 0.323 e. The van der Waals surface area contributed by atoms with Gasteiger partial charge in [0.25, 0.3) is 0 Å². The summed E-state index contributed by atoms with van der Waals surface area (Å²) in [5, 5.41) is 6.07. The highest BCUT2D eigenvalue weighted by Gasteiger charge is 2.11. The van der Waals surface area contributed by atoms with E-state index in [1.807, 2.05) is 26.0 Å². The third-order valence-corrected chi connectivity index (χ3v) is 3.52. The maximum Gasteiger partial charge on any atom is 0.323 e. The van der Waals surface area contributed by atoms with E-state index in [4.69, 9.17) is 27.9 Å². The number of nitrogens with one attached hydrogen (secondary N) is 2. The SMILES string of the molecule is CC(C)Oc1ccccc1NC(=O)Nc1cccc(Cl)c1Cl. The first kappa shape index (κ1) is 16.5. The van der Waals surface area contributed by atoms with Gasteiger partial charge in [-0.05, 0) is 38.1 Å². The topological polar surface area (TPSA) is 50.4 Å². The Hall–Kier alpha value is -1.91. The monoisotopic (exact) mass is 338 g/mol. The molecule has 0 unspecified atom stereocenters. The molecule has 0 aliphatic heterocycles. The number of carbonyl (C=O) groups excluding carboxylic acids is 1. The summed E-state index contributed by atoms with van der Waals surface area (Å²) in [5.41, 5.74) is 1.01. The zero-order valence-electron chi connectivity index (χ0n) is 12.2. The molecule has 2 amide bonds. The van der Waals surface area contributed by atoms with Gasteiger partial charge in [-0.15, -0.1) is 0 Å². The van der Waals surface area contributed by atoms with Crippen molar-refractivity contribution in [1.29, 1.82) is 0 Å². The summed E-state index contributed by atoms with van der Waals surface area (Å²) in [5.74, 6) is 0.602. The fraction of sp³-hybridized carbons (Fsp3) is 0.188. The third-order valence-electron chi connectivity index (χ3n) is 2.70. The molecule has 22 heavy (non-hydrogen) atoms. The summed E-state index contributed by atoms with van der Waals surface area (Å²) in [7, 11) is 0. The van der Waals surface area contributed by atoms with Crippen LogP contribution in [0.4, 0.5) is 16.2 Å². The van der Waals surface area contributed by atoms with E-state index < -0.39 is 6.03 Å². The van der Waals surface area contributed by atoms with E-state index in [2.05, 4.69) is 10.6 Å². The first-order chi connectivity index (χ1) is 10.5. The highest BCUT2D eigenvalue weighted by Crippen LogP contribution is 2.30. The summed E-state index contributed by atoms with van der Waals surface area (Å²) in [6, 6.07) is 11.8. The molecule has 0 atom stereocenters. The standard InChI is InChI=1S/C16H16Cl2N2O2/c1-10(2)22-14-9-4-3-7-12(14)19-16(21)20-13-8-5-6-11(17)15(13)18/h3-10H,1-2H3,(H2,19,20,21). The van der Waals surface area contributed by atoms with E-state index in [1.165, 1.54) is 0 Å². The van der Waals surface area contributed by atoms with E-state index >= 15 is 0 Å². The van der Waals surface area contributed by atoms with Crippen molar-refractivity contribution < 1.29 is 9.53 Å². The minimum absolute atomic E-state index is 0.00776. The van der Waals surface area contributed by atoms with Crippen molar-refractivity contribution >= 4 is 40.6 Å². The minimum atomic E-state index is -0.427. The molecule has 0 saturated heterocycles. The van der Waals surface area contributed by atoms with Gasteiger partial charge in [0.1, 0.15) is 5.75 Å². The third kappa shape index (κ3) is 4.29. The van der Waals surface area contributed by atoms with Crippen LogP contribution in [0.15, 0.2) is 42.5 Å². The number of para-hydroxylation sites is 2. The normalized spacial score (nSPS) is 10.4. The molecule has 0 aliphatic rings. The lowest BCUT2D eigenvalue weighted by Crippen LogP contribution is -2.20. The molecule has 4 nitrogen and oxygen atoms in total. The molecule has 0 aromatic heterocycles. The zero-order valence-corrected chi connectivity index (χ0v) is 13.7. The van der Waals surface area contributed by atoms with Gasteiger partial charge in [-0.3, -0.25) is 0 Å². The van der Waals surface area contributed by atoms with Gasteiger partial charge in [0.2, 0.25) is 0 Å². The van der Waals surface area contributed by atoms with Gasteiger partial charge in [0.15, 0.2) is 0 Å². The number of anilines is 2. The van der Waals surface area contributed by atoms with E-state index in [-0.39, 0.29) is 6.10 Å². The Labute approximate surface area is 139 Å². The Morgan fingerprint density at radius 1 is 1.00 bits per heavy atom. The second kappa shape index (κ2) is 7.38. The van der Waals surface area contributed by atoms with E-state index in [1.54, 1.807) is 30.3 Å². The number of benzene rings is 2. The van der Waals surface area contributed by atoms with Crippen LogP contribution in [-0.4, -0.2) is 12.1 Å². The zero-order chi connectivity index (χ0) is 16.1. The maximum atomic E-state index is 12.1. The number of amides is 2. The number of hydrogen-bond donors (Lipinski definition) is 2. The van der Waals surface area contributed by atoms with Crippen molar-refractivity contribution in [1.82, 2.24) is 0 Å². The number of ether oxygens (including phenoxy) is 1.